The molecule has 7 nitrogen and oxygen atoms in total. The molecular weight excluding hydrogens is 453 g/mol. The van der Waals surface area contributed by atoms with E-state index in [4.69, 9.17) is 23.2 Å². The zero-order chi connectivity index (χ0) is 20.4. The van der Waals surface area contributed by atoms with Crippen LogP contribution in [0.5, 0.6) is 0 Å². The fraction of sp³-hybridized carbons (Fsp3) is 0.0556. The van der Waals surface area contributed by atoms with Crippen LogP contribution in [0.3, 0.4) is 0 Å². The van der Waals surface area contributed by atoms with Gasteiger partial charge in [0.2, 0.25) is 11.0 Å². The van der Waals surface area contributed by atoms with E-state index >= 15 is 0 Å². The molecule has 0 fully saturated rings. The van der Waals surface area contributed by atoms with Crippen LogP contribution in [0.15, 0.2) is 53.3 Å². The summed E-state index contributed by atoms with van der Waals surface area (Å²) in [5, 5.41) is 4.55. The maximum atomic E-state index is 12.3. The standard InChI is InChI=1S/C18H11Cl2N5O2S2/c19-12-5-1-10(2-6-12)9-25-18(27)23-16(29-25)14-21-17(28-24-14)22-15(26)11-3-7-13(20)8-4-11/h1-8H,9H2,(H,21,22,24,26). The van der Waals surface area contributed by atoms with Crippen LogP contribution >= 0.6 is 46.3 Å². The fourth-order valence-electron chi connectivity index (χ4n) is 2.38. The van der Waals surface area contributed by atoms with Crippen LogP contribution < -0.4 is 11.0 Å². The molecule has 2 aromatic heterocycles. The van der Waals surface area contributed by atoms with Crippen molar-refractivity contribution >= 4 is 57.3 Å². The average Bonchev–Trinajstić information content (AvgIpc) is 3.31. The first-order valence-corrected chi connectivity index (χ1v) is 10.5. The van der Waals surface area contributed by atoms with E-state index in [0.717, 1.165) is 28.6 Å². The molecule has 0 unspecified atom stereocenters. The minimum absolute atomic E-state index is 0.290. The van der Waals surface area contributed by atoms with Crippen LogP contribution in [-0.2, 0) is 6.54 Å². The third-order valence-corrected chi connectivity index (χ3v) is 5.88. The van der Waals surface area contributed by atoms with E-state index in [2.05, 4.69) is 19.7 Å². The molecule has 29 heavy (non-hydrogen) atoms. The number of nitrogens with one attached hydrogen (secondary N) is 1. The molecule has 0 aliphatic rings. The second-order valence-electron chi connectivity index (χ2n) is 5.84. The van der Waals surface area contributed by atoms with Gasteiger partial charge in [-0.3, -0.25) is 10.1 Å². The molecule has 0 aliphatic heterocycles. The first-order valence-electron chi connectivity index (χ1n) is 8.21. The van der Waals surface area contributed by atoms with Gasteiger partial charge in [-0.1, -0.05) is 35.3 Å². The van der Waals surface area contributed by atoms with Crippen LogP contribution in [0.4, 0.5) is 5.13 Å². The highest BCUT2D eigenvalue weighted by Gasteiger charge is 2.16. The molecule has 0 saturated heterocycles. The minimum Gasteiger partial charge on any atom is -0.297 e. The summed E-state index contributed by atoms with van der Waals surface area (Å²) in [7, 11) is 0. The molecule has 0 saturated carbocycles. The second-order valence-corrected chi connectivity index (χ2v) is 8.47. The Kier molecular flexibility index (Phi) is 5.72. The summed E-state index contributed by atoms with van der Waals surface area (Å²) in [6.07, 6.45) is 0. The van der Waals surface area contributed by atoms with E-state index in [-0.39, 0.29) is 11.6 Å². The third-order valence-electron chi connectivity index (χ3n) is 3.79. The SMILES string of the molecule is O=C(Nc1nc(-c2nc(=O)n(Cc3ccc(Cl)cc3)s2)ns1)c1ccc(Cl)cc1. The Morgan fingerprint density at radius 2 is 1.66 bits per heavy atom. The molecule has 2 heterocycles. The number of amides is 1. The smallest absolute Gasteiger partial charge is 0.297 e. The van der Waals surface area contributed by atoms with Crippen molar-refractivity contribution in [1.29, 1.82) is 0 Å². The first kappa shape index (κ1) is 19.7. The van der Waals surface area contributed by atoms with Crippen molar-refractivity contribution in [2.45, 2.75) is 6.54 Å². The molecule has 0 radical (unpaired) electrons. The summed E-state index contributed by atoms with van der Waals surface area (Å²) in [5.41, 5.74) is 0.985. The first-order chi connectivity index (χ1) is 14.0. The van der Waals surface area contributed by atoms with Crippen molar-refractivity contribution in [3.05, 3.63) is 80.2 Å². The molecule has 2 aromatic carbocycles. The van der Waals surface area contributed by atoms with E-state index in [1.807, 2.05) is 12.1 Å². The topological polar surface area (TPSA) is 89.8 Å². The zero-order valence-electron chi connectivity index (χ0n) is 14.5. The van der Waals surface area contributed by atoms with Gasteiger partial charge in [0, 0.05) is 27.1 Å². The molecule has 0 aliphatic carbocycles. The Labute approximate surface area is 182 Å². The van der Waals surface area contributed by atoms with Crippen LogP contribution in [0, 0.1) is 0 Å². The maximum absolute atomic E-state index is 12.3. The van der Waals surface area contributed by atoms with Gasteiger partial charge in [0.25, 0.3) is 5.91 Å². The van der Waals surface area contributed by atoms with Gasteiger partial charge >= 0.3 is 5.69 Å². The van der Waals surface area contributed by atoms with Gasteiger partial charge in [0.05, 0.1) is 6.54 Å². The Balaban J connectivity index is 1.49. The van der Waals surface area contributed by atoms with Crippen molar-refractivity contribution in [2.24, 2.45) is 0 Å². The molecule has 146 valence electrons. The summed E-state index contributed by atoms with van der Waals surface area (Å²) in [6, 6.07) is 13.7. The van der Waals surface area contributed by atoms with E-state index in [1.165, 1.54) is 3.96 Å². The molecule has 4 aromatic rings. The van der Waals surface area contributed by atoms with Crippen LogP contribution in [0.2, 0.25) is 10.0 Å². The predicted octanol–water partition coefficient (Wildman–Crippen LogP) is 4.43. The molecule has 1 amide bonds. The van der Waals surface area contributed by atoms with Crippen molar-refractivity contribution in [2.75, 3.05) is 5.32 Å². The molecule has 0 spiro atoms. The monoisotopic (exact) mass is 463 g/mol. The lowest BCUT2D eigenvalue weighted by Gasteiger charge is -2.00. The largest absolute Gasteiger partial charge is 0.358 e. The number of halogens is 2. The lowest BCUT2D eigenvalue weighted by Crippen LogP contribution is -2.15. The number of hydrogen-bond acceptors (Lipinski definition) is 7. The third kappa shape index (κ3) is 4.70. The Hall–Kier alpha value is -2.59. The molecule has 11 heteroatoms. The Bertz CT molecular complexity index is 1220. The van der Waals surface area contributed by atoms with Gasteiger partial charge in [-0.05, 0) is 53.5 Å². The lowest BCUT2D eigenvalue weighted by molar-refractivity contribution is 0.102. The van der Waals surface area contributed by atoms with E-state index in [9.17, 15) is 9.59 Å². The summed E-state index contributed by atoms with van der Waals surface area (Å²) < 4.78 is 5.70. The highest BCUT2D eigenvalue weighted by molar-refractivity contribution is 7.11. The molecule has 0 bridgehead atoms. The number of carbonyl (C=O) groups excluding carboxylic acids is 1. The van der Waals surface area contributed by atoms with E-state index < -0.39 is 0 Å². The van der Waals surface area contributed by atoms with Crippen molar-refractivity contribution in [3.8, 4) is 10.8 Å². The number of rotatable bonds is 5. The second kappa shape index (κ2) is 8.42. The quantitative estimate of drug-likeness (QED) is 0.472. The lowest BCUT2D eigenvalue weighted by atomic mass is 10.2. The van der Waals surface area contributed by atoms with Crippen LogP contribution in [0.25, 0.3) is 10.8 Å². The van der Waals surface area contributed by atoms with E-state index in [0.29, 0.717) is 38.1 Å². The number of nitrogens with zero attached hydrogens (tertiary/aromatic N) is 4. The number of benzene rings is 2. The minimum atomic E-state index is -0.388. The maximum Gasteiger partial charge on any atom is 0.358 e. The summed E-state index contributed by atoms with van der Waals surface area (Å²) in [5.74, 6) is -0.0378. The average molecular weight is 464 g/mol. The summed E-state index contributed by atoms with van der Waals surface area (Å²) in [6.45, 7) is 0.373. The van der Waals surface area contributed by atoms with Crippen molar-refractivity contribution < 1.29 is 4.79 Å². The highest BCUT2D eigenvalue weighted by Crippen LogP contribution is 2.23. The number of carbonyl (C=O) groups is 1. The molecule has 4 rings (SSSR count). The van der Waals surface area contributed by atoms with Gasteiger partial charge in [-0.25, -0.2) is 8.75 Å². The van der Waals surface area contributed by atoms with Crippen LogP contribution in [-0.4, -0.2) is 24.2 Å². The predicted molar refractivity (Wildman–Crippen MR) is 115 cm³/mol. The molecule has 1 N–H and O–H groups in total. The van der Waals surface area contributed by atoms with Gasteiger partial charge < -0.3 is 0 Å². The normalized spacial score (nSPS) is 10.8. The van der Waals surface area contributed by atoms with Gasteiger partial charge in [0.15, 0.2) is 5.01 Å². The number of aromatic nitrogens is 4. The van der Waals surface area contributed by atoms with Crippen LogP contribution in [0.1, 0.15) is 15.9 Å². The number of hydrogen-bond donors (Lipinski definition) is 1. The van der Waals surface area contributed by atoms with Gasteiger partial charge in [-0.15, -0.1) is 0 Å². The van der Waals surface area contributed by atoms with Gasteiger partial charge in [0.1, 0.15) is 0 Å². The van der Waals surface area contributed by atoms with Gasteiger partial charge in [-0.2, -0.15) is 14.3 Å². The summed E-state index contributed by atoms with van der Waals surface area (Å²) in [4.78, 5) is 32.7. The Morgan fingerprint density at radius 3 is 2.34 bits per heavy atom. The summed E-state index contributed by atoms with van der Waals surface area (Å²) >= 11 is 13.9. The van der Waals surface area contributed by atoms with E-state index in [1.54, 1.807) is 36.4 Å². The highest BCUT2D eigenvalue weighted by atomic mass is 35.5. The Morgan fingerprint density at radius 1 is 1.00 bits per heavy atom. The fourth-order valence-corrected chi connectivity index (χ4v) is 4.09. The number of anilines is 1. The molecule has 0 atom stereocenters. The van der Waals surface area contributed by atoms with Crippen molar-refractivity contribution in [1.82, 2.24) is 18.3 Å². The van der Waals surface area contributed by atoms with Crippen molar-refractivity contribution in [3.63, 3.8) is 0 Å². The zero-order valence-corrected chi connectivity index (χ0v) is 17.6. The molecular formula is C18H11Cl2N5O2S2.